The second-order valence-electron chi connectivity index (χ2n) is 6.93. The minimum Gasteiger partial charge on any atom is -0.383 e. The van der Waals surface area contributed by atoms with E-state index in [-0.39, 0.29) is 5.91 Å². The fraction of sp³-hybridized carbons (Fsp3) is 0.364. The van der Waals surface area contributed by atoms with E-state index in [0.717, 1.165) is 24.2 Å². The number of carbonyl (C=O) groups is 1. The highest BCUT2D eigenvalue weighted by Crippen LogP contribution is 2.20. The van der Waals surface area contributed by atoms with E-state index in [4.69, 9.17) is 0 Å². The number of rotatable bonds is 7. The Kier molecular flexibility index (Phi) is 6.42. The summed E-state index contributed by atoms with van der Waals surface area (Å²) in [7, 11) is 0. The Morgan fingerprint density at radius 2 is 1.96 bits per heavy atom. The lowest BCUT2D eigenvalue weighted by atomic mass is 9.97. The van der Waals surface area contributed by atoms with Crippen molar-refractivity contribution in [1.29, 1.82) is 0 Å². The topological polar surface area (TPSA) is 54.0 Å². The molecule has 1 aliphatic carbocycles. The van der Waals surface area contributed by atoms with Crippen molar-refractivity contribution in [2.75, 3.05) is 17.2 Å². The van der Waals surface area contributed by atoms with Crippen LogP contribution in [0.3, 0.4) is 0 Å². The van der Waals surface area contributed by atoms with Gasteiger partial charge in [0.25, 0.3) is 0 Å². The molecule has 4 heteroatoms. The number of nitrogens with one attached hydrogen (secondary N) is 2. The van der Waals surface area contributed by atoms with Gasteiger partial charge in [-0.25, -0.2) is 4.98 Å². The molecule has 1 aliphatic rings. The molecule has 0 unspecified atom stereocenters. The molecule has 0 bridgehead atoms. The maximum atomic E-state index is 12.1. The van der Waals surface area contributed by atoms with E-state index in [1.807, 2.05) is 43.3 Å². The number of pyridine rings is 1. The van der Waals surface area contributed by atoms with Gasteiger partial charge < -0.3 is 10.6 Å². The highest BCUT2D eigenvalue weighted by molar-refractivity contribution is 5.91. The van der Waals surface area contributed by atoms with Crippen molar-refractivity contribution in [3.8, 4) is 0 Å². The van der Waals surface area contributed by atoms with Crippen LogP contribution in [0.1, 0.15) is 43.2 Å². The van der Waals surface area contributed by atoms with E-state index in [0.29, 0.717) is 12.2 Å². The predicted molar refractivity (Wildman–Crippen MR) is 107 cm³/mol. The summed E-state index contributed by atoms with van der Waals surface area (Å²) in [5.74, 6) is 0.536. The van der Waals surface area contributed by atoms with Crippen LogP contribution in [-0.2, 0) is 11.2 Å². The van der Waals surface area contributed by atoms with Crippen molar-refractivity contribution < 1.29 is 4.79 Å². The number of anilines is 2. The van der Waals surface area contributed by atoms with Crippen molar-refractivity contribution in [1.82, 2.24) is 4.98 Å². The molecule has 136 valence electrons. The predicted octanol–water partition coefficient (Wildman–Crippen LogP) is 4.87. The summed E-state index contributed by atoms with van der Waals surface area (Å²) < 4.78 is 0. The number of nitrogens with zero attached hydrogens (tertiary/aromatic N) is 1. The van der Waals surface area contributed by atoms with Gasteiger partial charge in [0.15, 0.2) is 0 Å². The number of hydrogen-bond acceptors (Lipinski definition) is 3. The maximum Gasteiger partial charge on any atom is 0.229 e. The van der Waals surface area contributed by atoms with Crippen LogP contribution in [0.25, 0.3) is 0 Å². The van der Waals surface area contributed by atoms with Gasteiger partial charge in [0.1, 0.15) is 5.82 Å². The molecular weight excluding hydrogens is 322 g/mol. The average Bonchev–Trinajstić information content (AvgIpc) is 2.66. The van der Waals surface area contributed by atoms with Gasteiger partial charge in [-0.15, -0.1) is 0 Å². The summed E-state index contributed by atoms with van der Waals surface area (Å²) >= 11 is 0. The minimum absolute atomic E-state index is 0.0497. The van der Waals surface area contributed by atoms with Crippen LogP contribution < -0.4 is 10.6 Å². The zero-order chi connectivity index (χ0) is 18.2. The van der Waals surface area contributed by atoms with E-state index in [1.165, 1.54) is 31.2 Å². The summed E-state index contributed by atoms with van der Waals surface area (Å²) in [5.41, 5.74) is 4.75. The number of aromatic nitrogens is 1. The van der Waals surface area contributed by atoms with Gasteiger partial charge in [0.2, 0.25) is 5.91 Å². The molecule has 0 spiro atoms. The van der Waals surface area contributed by atoms with Crippen LogP contribution in [0, 0.1) is 6.92 Å². The van der Waals surface area contributed by atoms with Gasteiger partial charge in [-0.05, 0) is 56.7 Å². The molecule has 0 aliphatic heterocycles. The number of benzene rings is 1. The summed E-state index contributed by atoms with van der Waals surface area (Å²) in [6.07, 6.45) is 10.7. The smallest absolute Gasteiger partial charge is 0.229 e. The summed E-state index contributed by atoms with van der Waals surface area (Å²) in [6, 6.07) is 11.8. The molecule has 4 nitrogen and oxygen atoms in total. The number of amides is 1. The van der Waals surface area contributed by atoms with Crippen LogP contribution >= 0.6 is 0 Å². The van der Waals surface area contributed by atoms with Gasteiger partial charge >= 0.3 is 0 Å². The summed E-state index contributed by atoms with van der Waals surface area (Å²) in [5, 5.41) is 6.25. The van der Waals surface area contributed by atoms with Crippen LogP contribution in [0.2, 0.25) is 0 Å². The molecule has 1 amide bonds. The maximum absolute atomic E-state index is 12.1. The Bertz CT molecular complexity index is 748. The second-order valence-corrected chi connectivity index (χ2v) is 6.93. The summed E-state index contributed by atoms with van der Waals surface area (Å²) in [6.45, 7) is 2.96. The lowest BCUT2D eigenvalue weighted by Crippen LogP contribution is -2.15. The molecule has 0 saturated heterocycles. The zero-order valence-corrected chi connectivity index (χ0v) is 15.4. The Hall–Kier alpha value is -2.62. The Balaban J connectivity index is 1.44. The standard InChI is InChI=1S/C22H27N3O/c1-17-7-9-19(10-8-17)15-22(26)25-21-12-11-20(16-24-21)23-14-13-18-5-3-2-4-6-18/h5,7-12,16,23H,2-4,6,13-15H2,1H3,(H,24,25,26). The molecule has 0 atom stereocenters. The van der Waals surface area contributed by atoms with Crippen LogP contribution in [0.15, 0.2) is 54.2 Å². The fourth-order valence-electron chi connectivity index (χ4n) is 3.15. The largest absolute Gasteiger partial charge is 0.383 e. The van der Waals surface area contributed by atoms with E-state index in [2.05, 4.69) is 21.7 Å². The van der Waals surface area contributed by atoms with Crippen LogP contribution in [-0.4, -0.2) is 17.4 Å². The quantitative estimate of drug-likeness (QED) is 0.701. The van der Waals surface area contributed by atoms with E-state index < -0.39 is 0 Å². The Morgan fingerprint density at radius 3 is 2.65 bits per heavy atom. The third-order valence-electron chi connectivity index (χ3n) is 4.68. The molecule has 0 radical (unpaired) electrons. The van der Waals surface area contributed by atoms with Crippen molar-refractivity contribution in [2.24, 2.45) is 0 Å². The van der Waals surface area contributed by atoms with Crippen molar-refractivity contribution in [3.63, 3.8) is 0 Å². The first-order valence-electron chi connectivity index (χ1n) is 9.42. The van der Waals surface area contributed by atoms with E-state index in [9.17, 15) is 4.79 Å². The first-order chi connectivity index (χ1) is 12.7. The molecular formula is C22H27N3O. The molecule has 2 aromatic rings. The van der Waals surface area contributed by atoms with Gasteiger partial charge in [0, 0.05) is 6.54 Å². The first-order valence-corrected chi connectivity index (χ1v) is 9.42. The molecule has 26 heavy (non-hydrogen) atoms. The molecule has 2 N–H and O–H groups in total. The Labute approximate surface area is 155 Å². The molecule has 0 saturated carbocycles. The van der Waals surface area contributed by atoms with Crippen LogP contribution in [0.5, 0.6) is 0 Å². The number of carbonyl (C=O) groups excluding carboxylic acids is 1. The molecule has 0 fully saturated rings. The normalized spacial score (nSPS) is 13.8. The van der Waals surface area contributed by atoms with Crippen molar-refractivity contribution in [3.05, 3.63) is 65.4 Å². The van der Waals surface area contributed by atoms with Crippen LogP contribution in [0.4, 0.5) is 11.5 Å². The van der Waals surface area contributed by atoms with Crippen molar-refractivity contribution in [2.45, 2.75) is 45.4 Å². The third kappa shape index (κ3) is 5.73. The molecule has 1 heterocycles. The third-order valence-corrected chi connectivity index (χ3v) is 4.68. The van der Waals surface area contributed by atoms with E-state index in [1.54, 1.807) is 11.8 Å². The number of aryl methyl sites for hydroxylation is 1. The van der Waals surface area contributed by atoms with E-state index >= 15 is 0 Å². The highest BCUT2D eigenvalue weighted by atomic mass is 16.1. The number of allylic oxidation sites excluding steroid dienone is 1. The zero-order valence-electron chi connectivity index (χ0n) is 15.4. The lowest BCUT2D eigenvalue weighted by molar-refractivity contribution is -0.115. The minimum atomic E-state index is -0.0497. The average molecular weight is 349 g/mol. The van der Waals surface area contributed by atoms with Gasteiger partial charge in [0.05, 0.1) is 18.3 Å². The molecule has 1 aromatic heterocycles. The van der Waals surface area contributed by atoms with Gasteiger partial charge in [-0.1, -0.05) is 41.5 Å². The lowest BCUT2D eigenvalue weighted by Gasteiger charge is -2.13. The van der Waals surface area contributed by atoms with Gasteiger partial charge in [-0.2, -0.15) is 0 Å². The molecule has 1 aromatic carbocycles. The van der Waals surface area contributed by atoms with Gasteiger partial charge in [-0.3, -0.25) is 4.79 Å². The fourth-order valence-corrected chi connectivity index (χ4v) is 3.15. The Morgan fingerprint density at radius 1 is 1.12 bits per heavy atom. The first kappa shape index (κ1) is 18.2. The number of hydrogen-bond donors (Lipinski definition) is 2. The SMILES string of the molecule is Cc1ccc(CC(=O)Nc2ccc(NCCC3=CCCCC3)cn2)cc1. The van der Waals surface area contributed by atoms with Crippen molar-refractivity contribution >= 4 is 17.4 Å². The highest BCUT2D eigenvalue weighted by Gasteiger charge is 2.06. The summed E-state index contributed by atoms with van der Waals surface area (Å²) in [4.78, 5) is 16.5. The second kappa shape index (κ2) is 9.18. The molecule has 3 rings (SSSR count). The monoisotopic (exact) mass is 349 g/mol.